The second-order valence-corrected chi connectivity index (χ2v) is 11.0. The minimum Gasteiger partial charge on any atom is -0.458 e. The number of Topliss-reactive ketones (excluding diaryl/α,β-unsaturated/α-hetero) is 2. The van der Waals surface area contributed by atoms with Crippen LogP contribution in [0.15, 0.2) is 0 Å². The monoisotopic (exact) mass is 432 g/mol. The van der Waals surface area contributed by atoms with E-state index in [0.29, 0.717) is 42.3 Å². The van der Waals surface area contributed by atoms with Gasteiger partial charge in [-0.1, -0.05) is 13.8 Å². The van der Waals surface area contributed by atoms with Crippen LogP contribution in [0.2, 0.25) is 0 Å². The van der Waals surface area contributed by atoms with Gasteiger partial charge in [-0.15, -0.1) is 0 Å². The molecule has 7 atom stereocenters. The van der Waals surface area contributed by atoms with Crippen molar-refractivity contribution in [3.8, 4) is 0 Å². The summed E-state index contributed by atoms with van der Waals surface area (Å²) in [4.78, 5) is 48.9. The van der Waals surface area contributed by atoms with Crippen molar-refractivity contribution in [1.29, 1.82) is 0 Å². The van der Waals surface area contributed by atoms with E-state index in [1.807, 2.05) is 0 Å². The number of fused-ring (bicyclic) bond motifs is 5. The second-order valence-electron chi connectivity index (χ2n) is 11.0. The van der Waals surface area contributed by atoms with Gasteiger partial charge in [-0.05, 0) is 74.0 Å². The fourth-order valence-electron chi connectivity index (χ4n) is 8.26. The number of carbonyl (C=O) groups excluding carboxylic acids is 4. The zero-order valence-corrected chi connectivity index (χ0v) is 19.3. The summed E-state index contributed by atoms with van der Waals surface area (Å²) in [5.41, 5.74) is -1.48. The molecule has 0 N–H and O–H groups in total. The number of esters is 2. The van der Waals surface area contributed by atoms with E-state index in [0.717, 1.165) is 44.9 Å². The van der Waals surface area contributed by atoms with Crippen LogP contribution in [0.4, 0.5) is 0 Å². The summed E-state index contributed by atoms with van der Waals surface area (Å²) in [6.07, 6.45) is 7.67. The fourth-order valence-corrected chi connectivity index (χ4v) is 8.26. The SMILES string of the molecule is CC(=O)OCC(=O)[C@@]1(OC(C)=O)CC[C@@H]2[C@@H]3CC[C@H]4CC(=O)CC[C@]4(C)[C@@H]3CC[C@@]21C. The zero-order chi connectivity index (χ0) is 22.6. The van der Waals surface area contributed by atoms with Crippen LogP contribution in [0, 0.1) is 34.5 Å². The highest BCUT2D eigenvalue weighted by molar-refractivity contribution is 5.93. The maximum Gasteiger partial charge on any atom is 0.303 e. The van der Waals surface area contributed by atoms with Crippen LogP contribution in [-0.2, 0) is 28.7 Å². The summed E-state index contributed by atoms with van der Waals surface area (Å²) in [5.74, 6) is 0.958. The molecule has 4 rings (SSSR count). The molecule has 0 radical (unpaired) electrons. The first-order chi connectivity index (χ1) is 14.5. The van der Waals surface area contributed by atoms with E-state index in [9.17, 15) is 19.2 Å². The van der Waals surface area contributed by atoms with Gasteiger partial charge in [-0.2, -0.15) is 0 Å². The van der Waals surface area contributed by atoms with Crippen molar-refractivity contribution in [3.05, 3.63) is 0 Å². The molecule has 0 spiro atoms. The van der Waals surface area contributed by atoms with Gasteiger partial charge in [0.25, 0.3) is 0 Å². The molecule has 0 aromatic carbocycles. The Labute approximate surface area is 184 Å². The van der Waals surface area contributed by atoms with E-state index < -0.39 is 23.0 Å². The molecule has 0 aromatic heterocycles. The van der Waals surface area contributed by atoms with Gasteiger partial charge < -0.3 is 9.47 Å². The molecule has 4 aliphatic rings. The third kappa shape index (κ3) is 3.36. The smallest absolute Gasteiger partial charge is 0.303 e. The molecule has 0 unspecified atom stereocenters. The Morgan fingerprint density at radius 3 is 2.32 bits per heavy atom. The Balaban J connectivity index is 1.64. The molecule has 0 aromatic rings. The van der Waals surface area contributed by atoms with Crippen molar-refractivity contribution in [1.82, 2.24) is 0 Å². The molecule has 6 nitrogen and oxygen atoms in total. The first-order valence-corrected chi connectivity index (χ1v) is 11.9. The lowest BCUT2D eigenvalue weighted by atomic mass is 9.44. The summed E-state index contributed by atoms with van der Waals surface area (Å²) < 4.78 is 10.9. The zero-order valence-electron chi connectivity index (χ0n) is 19.3. The predicted octanol–water partition coefficient (Wildman–Crippen LogP) is 4.03. The minimum absolute atomic E-state index is 0.187. The maximum absolute atomic E-state index is 13.4. The summed E-state index contributed by atoms with van der Waals surface area (Å²) in [6.45, 7) is 6.80. The molecule has 172 valence electrons. The summed E-state index contributed by atoms with van der Waals surface area (Å²) in [6, 6.07) is 0. The molecule has 0 bridgehead atoms. The van der Waals surface area contributed by atoms with Crippen molar-refractivity contribution in [2.75, 3.05) is 6.61 Å². The van der Waals surface area contributed by atoms with E-state index >= 15 is 0 Å². The van der Waals surface area contributed by atoms with Crippen molar-refractivity contribution >= 4 is 23.5 Å². The van der Waals surface area contributed by atoms with Crippen molar-refractivity contribution in [2.24, 2.45) is 34.5 Å². The molecule has 6 heteroatoms. The molecule has 0 amide bonds. The number of carbonyl (C=O) groups is 4. The lowest BCUT2D eigenvalue weighted by Crippen LogP contribution is -2.60. The summed E-state index contributed by atoms with van der Waals surface area (Å²) in [5, 5.41) is 0. The number of hydrogen-bond donors (Lipinski definition) is 0. The molecule has 0 aliphatic heterocycles. The van der Waals surface area contributed by atoms with E-state index in [2.05, 4.69) is 13.8 Å². The molecule has 0 heterocycles. The predicted molar refractivity (Wildman–Crippen MR) is 113 cm³/mol. The Bertz CT molecular complexity index is 804. The van der Waals surface area contributed by atoms with Crippen LogP contribution < -0.4 is 0 Å². The molecule has 4 saturated carbocycles. The number of rotatable bonds is 4. The normalized spacial score (nSPS) is 43.9. The average Bonchev–Trinajstić information content (AvgIpc) is 2.99. The lowest BCUT2D eigenvalue weighted by molar-refractivity contribution is -0.194. The Kier molecular flexibility index (Phi) is 5.58. The standard InChI is InChI=1S/C25H36O6/c1-15(26)30-14-22(29)25(31-16(2)27)12-9-21-19-6-5-17-13-18(28)7-10-23(17,3)20(19)8-11-24(21,25)4/h17,19-21H,5-14H2,1-4H3/t17-,19+,20+,21+,23-,24-,25-/m0/s1. The van der Waals surface area contributed by atoms with Gasteiger partial charge in [0.1, 0.15) is 5.78 Å². The first-order valence-electron chi connectivity index (χ1n) is 11.9. The van der Waals surface area contributed by atoms with Gasteiger partial charge >= 0.3 is 11.9 Å². The van der Waals surface area contributed by atoms with Crippen LogP contribution in [-0.4, -0.2) is 35.7 Å². The highest BCUT2D eigenvalue weighted by Gasteiger charge is 2.69. The number of ketones is 2. The maximum atomic E-state index is 13.4. The molecule has 31 heavy (non-hydrogen) atoms. The van der Waals surface area contributed by atoms with Gasteiger partial charge in [0.2, 0.25) is 5.78 Å². The van der Waals surface area contributed by atoms with Crippen LogP contribution >= 0.6 is 0 Å². The van der Waals surface area contributed by atoms with Crippen LogP contribution in [0.25, 0.3) is 0 Å². The molecular weight excluding hydrogens is 396 g/mol. The van der Waals surface area contributed by atoms with Gasteiger partial charge in [-0.25, -0.2) is 0 Å². The van der Waals surface area contributed by atoms with Crippen LogP contribution in [0.5, 0.6) is 0 Å². The quantitative estimate of drug-likeness (QED) is 0.623. The fraction of sp³-hybridized carbons (Fsp3) is 0.840. The highest BCUT2D eigenvalue weighted by Crippen LogP contribution is 2.68. The average molecular weight is 433 g/mol. The first kappa shape index (κ1) is 22.5. The van der Waals surface area contributed by atoms with Gasteiger partial charge in [-0.3, -0.25) is 19.2 Å². The van der Waals surface area contributed by atoms with Crippen molar-refractivity contribution in [3.63, 3.8) is 0 Å². The Morgan fingerprint density at radius 1 is 0.935 bits per heavy atom. The lowest BCUT2D eigenvalue weighted by Gasteiger charge is -2.61. The minimum atomic E-state index is -1.22. The van der Waals surface area contributed by atoms with E-state index in [1.165, 1.54) is 13.8 Å². The van der Waals surface area contributed by atoms with Crippen LogP contribution in [0.3, 0.4) is 0 Å². The Morgan fingerprint density at radius 2 is 1.65 bits per heavy atom. The topological polar surface area (TPSA) is 86.7 Å². The number of ether oxygens (including phenoxy) is 2. The highest BCUT2D eigenvalue weighted by atomic mass is 16.6. The number of hydrogen-bond acceptors (Lipinski definition) is 6. The summed E-state index contributed by atoms with van der Waals surface area (Å²) in [7, 11) is 0. The largest absolute Gasteiger partial charge is 0.458 e. The summed E-state index contributed by atoms with van der Waals surface area (Å²) >= 11 is 0. The third-order valence-corrected chi connectivity index (χ3v) is 9.78. The van der Waals surface area contributed by atoms with E-state index in [1.54, 1.807) is 0 Å². The molecule has 4 fully saturated rings. The van der Waals surface area contributed by atoms with Gasteiger partial charge in [0, 0.05) is 32.1 Å². The van der Waals surface area contributed by atoms with E-state index in [-0.39, 0.29) is 17.8 Å². The molecule has 0 saturated heterocycles. The van der Waals surface area contributed by atoms with Gasteiger partial charge in [0.15, 0.2) is 12.2 Å². The third-order valence-electron chi connectivity index (χ3n) is 9.78. The van der Waals surface area contributed by atoms with E-state index in [4.69, 9.17) is 9.47 Å². The van der Waals surface area contributed by atoms with Gasteiger partial charge in [0.05, 0.1) is 0 Å². The van der Waals surface area contributed by atoms with Crippen LogP contribution in [0.1, 0.15) is 85.5 Å². The van der Waals surface area contributed by atoms with Crippen molar-refractivity contribution in [2.45, 2.75) is 91.1 Å². The second kappa shape index (κ2) is 7.70. The molecular formula is C25H36O6. The molecule has 4 aliphatic carbocycles. The van der Waals surface area contributed by atoms with Crippen molar-refractivity contribution < 1.29 is 28.7 Å². The Hall–Kier alpha value is -1.72.